The summed E-state index contributed by atoms with van der Waals surface area (Å²) in [5.74, 6) is -1.21. The minimum Gasteiger partial charge on any atom is -0.496 e. The van der Waals surface area contributed by atoms with E-state index in [1.54, 1.807) is 42.5 Å². The van der Waals surface area contributed by atoms with E-state index in [4.69, 9.17) is 4.74 Å². The number of carboxylic acids is 1. The van der Waals surface area contributed by atoms with E-state index in [-0.39, 0.29) is 5.57 Å². The summed E-state index contributed by atoms with van der Waals surface area (Å²) < 4.78 is 5.31. The van der Waals surface area contributed by atoms with Gasteiger partial charge in [0.05, 0.1) is 7.11 Å². The molecule has 0 radical (unpaired) electrons. The van der Waals surface area contributed by atoms with Crippen LogP contribution in [0.15, 0.2) is 54.1 Å². The summed E-state index contributed by atoms with van der Waals surface area (Å²) >= 11 is 0. The maximum absolute atomic E-state index is 12.4. The lowest BCUT2D eigenvalue weighted by Crippen LogP contribution is -2.09. The van der Waals surface area contributed by atoms with Crippen LogP contribution in [0.25, 0.3) is 5.57 Å². The van der Waals surface area contributed by atoms with E-state index in [1.165, 1.54) is 7.11 Å². The molecule has 0 spiro atoms. The number of hydrogen-bond acceptors (Lipinski definition) is 3. The zero-order chi connectivity index (χ0) is 15.0. The standard InChI is InChI=1S/C17H12O4/c1-21-12-9-5-8-11-14(12)13(10-6-3-2-4-7-10)15(16(11)18)17(19)20/h2-9H,1H3,(H,19,20). The Bertz CT molecular complexity index is 773. The highest BCUT2D eigenvalue weighted by Crippen LogP contribution is 2.42. The number of methoxy groups -OCH3 is 1. The van der Waals surface area contributed by atoms with Gasteiger partial charge in [0.2, 0.25) is 5.78 Å². The lowest BCUT2D eigenvalue weighted by Gasteiger charge is -2.10. The van der Waals surface area contributed by atoms with Crippen molar-refractivity contribution in [2.75, 3.05) is 7.11 Å². The fourth-order valence-electron chi connectivity index (χ4n) is 2.62. The smallest absolute Gasteiger partial charge is 0.340 e. The molecule has 1 aliphatic rings. The van der Waals surface area contributed by atoms with Crippen LogP contribution in [0.2, 0.25) is 0 Å². The van der Waals surface area contributed by atoms with Gasteiger partial charge < -0.3 is 9.84 Å². The normalized spacial score (nSPS) is 13.3. The fourth-order valence-corrected chi connectivity index (χ4v) is 2.62. The summed E-state index contributed by atoms with van der Waals surface area (Å²) in [6.45, 7) is 0. The van der Waals surface area contributed by atoms with Gasteiger partial charge in [-0.2, -0.15) is 0 Å². The number of ether oxygens (including phenoxy) is 1. The topological polar surface area (TPSA) is 63.6 Å². The molecule has 21 heavy (non-hydrogen) atoms. The SMILES string of the molecule is COc1cccc2c1C(c1ccccc1)=C(C(=O)O)C2=O. The largest absolute Gasteiger partial charge is 0.496 e. The Morgan fingerprint density at radius 2 is 1.76 bits per heavy atom. The summed E-state index contributed by atoms with van der Waals surface area (Å²) in [4.78, 5) is 23.9. The zero-order valence-corrected chi connectivity index (χ0v) is 11.3. The number of hydrogen-bond donors (Lipinski definition) is 1. The van der Waals surface area contributed by atoms with Crippen molar-refractivity contribution in [3.8, 4) is 5.75 Å². The van der Waals surface area contributed by atoms with Crippen LogP contribution in [0.3, 0.4) is 0 Å². The molecule has 0 amide bonds. The first kappa shape index (κ1) is 13.1. The second kappa shape index (κ2) is 4.90. The Morgan fingerprint density at radius 3 is 2.38 bits per heavy atom. The first-order valence-electron chi connectivity index (χ1n) is 6.40. The number of carboxylic acid groups (broad SMARTS) is 1. The first-order valence-corrected chi connectivity index (χ1v) is 6.40. The monoisotopic (exact) mass is 280 g/mol. The van der Waals surface area contributed by atoms with E-state index in [1.807, 2.05) is 6.07 Å². The highest BCUT2D eigenvalue weighted by molar-refractivity contribution is 6.35. The molecule has 4 heteroatoms. The Hall–Kier alpha value is -2.88. The molecule has 2 aromatic rings. The number of fused-ring (bicyclic) bond motifs is 1. The Balaban J connectivity index is 2.38. The Labute approximate surface area is 121 Å². The number of benzene rings is 2. The molecule has 0 unspecified atom stereocenters. The molecule has 4 nitrogen and oxygen atoms in total. The molecule has 0 heterocycles. The van der Waals surface area contributed by atoms with Crippen molar-refractivity contribution in [2.45, 2.75) is 0 Å². The summed E-state index contributed by atoms with van der Waals surface area (Å²) in [6, 6.07) is 14.0. The van der Waals surface area contributed by atoms with Gasteiger partial charge in [-0.1, -0.05) is 42.5 Å². The Kier molecular flexibility index (Phi) is 3.06. The molecule has 0 fully saturated rings. The minimum absolute atomic E-state index is 0.208. The van der Waals surface area contributed by atoms with E-state index < -0.39 is 11.8 Å². The van der Waals surface area contributed by atoms with Gasteiger partial charge in [-0.3, -0.25) is 4.79 Å². The molecule has 0 atom stereocenters. The summed E-state index contributed by atoms with van der Waals surface area (Å²) in [6.07, 6.45) is 0. The summed E-state index contributed by atoms with van der Waals surface area (Å²) in [7, 11) is 1.50. The lowest BCUT2D eigenvalue weighted by atomic mass is 9.97. The molecule has 0 aliphatic heterocycles. The Morgan fingerprint density at radius 1 is 1.05 bits per heavy atom. The molecule has 1 N–H and O–H groups in total. The van der Waals surface area contributed by atoms with E-state index in [9.17, 15) is 14.7 Å². The van der Waals surface area contributed by atoms with Crippen molar-refractivity contribution in [1.29, 1.82) is 0 Å². The van der Waals surface area contributed by atoms with Gasteiger partial charge in [0.1, 0.15) is 11.3 Å². The molecule has 3 rings (SSSR count). The highest BCUT2D eigenvalue weighted by Gasteiger charge is 2.36. The summed E-state index contributed by atoms with van der Waals surface area (Å²) in [5.41, 5.74) is 1.81. The van der Waals surface area contributed by atoms with Crippen molar-refractivity contribution < 1.29 is 19.4 Å². The van der Waals surface area contributed by atoms with Crippen molar-refractivity contribution >= 4 is 17.3 Å². The van der Waals surface area contributed by atoms with Crippen LogP contribution < -0.4 is 4.74 Å². The van der Waals surface area contributed by atoms with Crippen molar-refractivity contribution in [2.24, 2.45) is 0 Å². The second-order valence-corrected chi connectivity index (χ2v) is 4.63. The van der Waals surface area contributed by atoms with Crippen LogP contribution in [0.5, 0.6) is 5.75 Å². The maximum Gasteiger partial charge on any atom is 0.340 e. The molecular weight excluding hydrogens is 268 g/mol. The van der Waals surface area contributed by atoms with Crippen LogP contribution in [0.4, 0.5) is 0 Å². The van der Waals surface area contributed by atoms with Crippen LogP contribution in [-0.2, 0) is 4.79 Å². The minimum atomic E-state index is -1.22. The van der Waals surface area contributed by atoms with E-state index >= 15 is 0 Å². The van der Waals surface area contributed by atoms with Crippen molar-refractivity contribution in [1.82, 2.24) is 0 Å². The van der Waals surface area contributed by atoms with Gasteiger partial charge in [0.25, 0.3) is 0 Å². The number of carbonyl (C=O) groups is 2. The van der Waals surface area contributed by atoms with Gasteiger partial charge in [-0.25, -0.2) is 4.79 Å². The maximum atomic E-state index is 12.4. The third kappa shape index (κ3) is 1.92. The number of rotatable bonds is 3. The molecule has 2 aromatic carbocycles. The second-order valence-electron chi connectivity index (χ2n) is 4.63. The van der Waals surface area contributed by atoms with E-state index in [2.05, 4.69) is 0 Å². The van der Waals surface area contributed by atoms with Gasteiger partial charge in [-0.15, -0.1) is 0 Å². The molecule has 0 aromatic heterocycles. The quantitative estimate of drug-likeness (QED) is 0.878. The van der Waals surface area contributed by atoms with Gasteiger partial charge in [0, 0.05) is 16.7 Å². The van der Waals surface area contributed by atoms with Crippen LogP contribution in [0, 0.1) is 0 Å². The fraction of sp³-hybridized carbons (Fsp3) is 0.0588. The van der Waals surface area contributed by atoms with E-state index in [0.717, 1.165) is 0 Å². The predicted molar refractivity (Wildman–Crippen MR) is 77.4 cm³/mol. The highest BCUT2D eigenvalue weighted by atomic mass is 16.5. The number of carbonyl (C=O) groups excluding carboxylic acids is 1. The third-order valence-corrected chi connectivity index (χ3v) is 3.49. The molecule has 104 valence electrons. The molecule has 0 saturated carbocycles. The van der Waals surface area contributed by atoms with Gasteiger partial charge >= 0.3 is 5.97 Å². The van der Waals surface area contributed by atoms with Gasteiger partial charge in [-0.05, 0) is 11.6 Å². The molecular formula is C17H12O4. The number of aliphatic carboxylic acids is 1. The van der Waals surface area contributed by atoms with Crippen LogP contribution in [0.1, 0.15) is 21.5 Å². The predicted octanol–water partition coefficient (Wildman–Crippen LogP) is 2.78. The number of Topliss-reactive ketones (excluding diaryl/α,β-unsaturated/α-hetero) is 1. The van der Waals surface area contributed by atoms with Crippen LogP contribution >= 0.6 is 0 Å². The summed E-state index contributed by atoms with van der Waals surface area (Å²) in [5, 5.41) is 9.43. The average molecular weight is 280 g/mol. The third-order valence-electron chi connectivity index (χ3n) is 3.49. The molecule has 1 aliphatic carbocycles. The first-order chi connectivity index (χ1) is 10.1. The van der Waals surface area contributed by atoms with Gasteiger partial charge in [0.15, 0.2) is 0 Å². The van der Waals surface area contributed by atoms with Crippen molar-refractivity contribution in [3.63, 3.8) is 0 Å². The average Bonchev–Trinajstić information content (AvgIpc) is 2.81. The van der Waals surface area contributed by atoms with Crippen molar-refractivity contribution in [3.05, 3.63) is 70.8 Å². The molecule has 0 saturated heterocycles. The lowest BCUT2D eigenvalue weighted by molar-refractivity contribution is -0.132. The molecule has 0 bridgehead atoms. The number of ketones is 1. The van der Waals surface area contributed by atoms with E-state index in [0.29, 0.717) is 28.0 Å². The zero-order valence-electron chi connectivity index (χ0n) is 11.3. The van der Waals surface area contributed by atoms with Crippen LogP contribution in [-0.4, -0.2) is 24.0 Å².